The molecule has 6 heteroatoms. The predicted octanol–water partition coefficient (Wildman–Crippen LogP) is 3.30. The van der Waals surface area contributed by atoms with Crippen LogP contribution in [0.2, 0.25) is 0 Å². The summed E-state index contributed by atoms with van der Waals surface area (Å²) in [4.78, 5) is 27.0. The fraction of sp³-hybridized carbons (Fsp3) is 0.400. The molecule has 2 N–H and O–H groups in total. The number of hydrogen-bond acceptors (Lipinski definition) is 4. The Morgan fingerprint density at radius 1 is 1.19 bits per heavy atom. The number of carbonyl (C=O) groups excluding carboxylic acids is 2. The highest BCUT2D eigenvalue weighted by molar-refractivity contribution is 7.10. The highest BCUT2D eigenvalue weighted by Crippen LogP contribution is 2.29. The standard InChI is InChI=1S/C20H25N3O2S/c1-14-9-10-26-19(14)12-23(18-7-8-18)13-20(25)21-11-16-3-5-17(6-4-16)22-15(2)24/h3-6,9-10,18H,7-8,11-13H2,1-2H3,(H,21,25)(H,22,24). The van der Waals surface area contributed by atoms with E-state index in [1.54, 1.807) is 11.3 Å². The summed E-state index contributed by atoms with van der Waals surface area (Å²) in [5, 5.41) is 7.85. The van der Waals surface area contributed by atoms with E-state index in [1.807, 2.05) is 24.3 Å². The van der Waals surface area contributed by atoms with Crippen LogP contribution in [0.3, 0.4) is 0 Å². The molecule has 1 aliphatic rings. The molecule has 0 unspecified atom stereocenters. The summed E-state index contributed by atoms with van der Waals surface area (Å²) in [6, 6.07) is 10.2. The third kappa shape index (κ3) is 5.41. The van der Waals surface area contributed by atoms with Gasteiger partial charge in [0.1, 0.15) is 0 Å². The van der Waals surface area contributed by atoms with Crippen molar-refractivity contribution in [2.75, 3.05) is 11.9 Å². The number of thiophene rings is 1. The van der Waals surface area contributed by atoms with Gasteiger partial charge in [-0.1, -0.05) is 12.1 Å². The van der Waals surface area contributed by atoms with Gasteiger partial charge >= 0.3 is 0 Å². The van der Waals surface area contributed by atoms with Crippen LogP contribution >= 0.6 is 11.3 Å². The number of amides is 2. The fourth-order valence-electron chi connectivity index (χ4n) is 2.85. The fourth-order valence-corrected chi connectivity index (χ4v) is 3.79. The SMILES string of the molecule is CC(=O)Nc1ccc(CNC(=O)CN(Cc2sccc2C)C2CC2)cc1. The van der Waals surface area contributed by atoms with Crippen LogP contribution in [0.25, 0.3) is 0 Å². The second kappa shape index (κ2) is 8.47. The molecule has 3 rings (SSSR count). The maximum atomic E-state index is 12.4. The molecule has 1 saturated carbocycles. The van der Waals surface area contributed by atoms with E-state index in [-0.39, 0.29) is 11.8 Å². The molecular formula is C20H25N3O2S. The van der Waals surface area contributed by atoms with E-state index in [2.05, 4.69) is 33.9 Å². The summed E-state index contributed by atoms with van der Waals surface area (Å²) in [5.74, 6) is -0.0377. The molecule has 0 saturated heterocycles. The van der Waals surface area contributed by atoms with Crippen LogP contribution in [0, 0.1) is 6.92 Å². The van der Waals surface area contributed by atoms with Crippen LogP contribution < -0.4 is 10.6 Å². The van der Waals surface area contributed by atoms with Crippen molar-refractivity contribution in [1.82, 2.24) is 10.2 Å². The molecule has 0 radical (unpaired) electrons. The molecule has 0 spiro atoms. The molecule has 0 atom stereocenters. The van der Waals surface area contributed by atoms with Gasteiger partial charge in [0.2, 0.25) is 11.8 Å². The maximum Gasteiger partial charge on any atom is 0.234 e. The summed E-state index contributed by atoms with van der Waals surface area (Å²) in [7, 11) is 0. The summed E-state index contributed by atoms with van der Waals surface area (Å²) in [6.45, 7) is 5.40. The van der Waals surface area contributed by atoms with Gasteiger partial charge < -0.3 is 10.6 Å². The van der Waals surface area contributed by atoms with Gasteiger partial charge in [0.25, 0.3) is 0 Å². The molecule has 1 aromatic carbocycles. The highest BCUT2D eigenvalue weighted by Gasteiger charge is 2.30. The molecule has 1 aliphatic carbocycles. The molecule has 138 valence electrons. The lowest BCUT2D eigenvalue weighted by molar-refractivity contribution is -0.122. The number of anilines is 1. The van der Waals surface area contributed by atoms with Crippen LogP contribution in [0.15, 0.2) is 35.7 Å². The Labute approximate surface area is 158 Å². The minimum Gasteiger partial charge on any atom is -0.351 e. The zero-order valence-corrected chi connectivity index (χ0v) is 16.1. The second-order valence-corrected chi connectivity index (χ2v) is 7.82. The Hall–Kier alpha value is -2.18. The van der Waals surface area contributed by atoms with Crippen molar-refractivity contribution >= 4 is 28.8 Å². The van der Waals surface area contributed by atoms with Crippen molar-refractivity contribution in [1.29, 1.82) is 0 Å². The summed E-state index contributed by atoms with van der Waals surface area (Å²) in [6.07, 6.45) is 2.37. The molecule has 1 aromatic heterocycles. The minimum atomic E-state index is -0.0906. The zero-order valence-electron chi connectivity index (χ0n) is 15.2. The lowest BCUT2D eigenvalue weighted by Gasteiger charge is -2.21. The van der Waals surface area contributed by atoms with E-state index in [1.165, 1.54) is 30.2 Å². The largest absolute Gasteiger partial charge is 0.351 e. The Morgan fingerprint density at radius 3 is 2.50 bits per heavy atom. The van der Waals surface area contributed by atoms with Gasteiger partial charge in [-0.15, -0.1) is 11.3 Å². The topological polar surface area (TPSA) is 61.4 Å². The van der Waals surface area contributed by atoms with Crippen LogP contribution in [-0.4, -0.2) is 29.3 Å². The average molecular weight is 372 g/mol. The maximum absolute atomic E-state index is 12.4. The first-order chi connectivity index (χ1) is 12.5. The molecule has 5 nitrogen and oxygen atoms in total. The van der Waals surface area contributed by atoms with E-state index in [4.69, 9.17) is 0 Å². The number of aryl methyl sites for hydroxylation is 1. The number of carbonyl (C=O) groups is 2. The van der Waals surface area contributed by atoms with Crippen molar-refractivity contribution in [3.05, 3.63) is 51.7 Å². The minimum absolute atomic E-state index is 0.0528. The second-order valence-electron chi connectivity index (χ2n) is 6.82. The van der Waals surface area contributed by atoms with Crippen LogP contribution in [0.1, 0.15) is 35.8 Å². The van der Waals surface area contributed by atoms with Crippen LogP contribution in [0.4, 0.5) is 5.69 Å². The van der Waals surface area contributed by atoms with Gasteiger partial charge in [0.15, 0.2) is 0 Å². The quantitative estimate of drug-likeness (QED) is 0.748. The summed E-state index contributed by atoms with van der Waals surface area (Å²) in [5.41, 5.74) is 3.08. The number of benzene rings is 1. The number of rotatable bonds is 8. The van der Waals surface area contributed by atoms with E-state index in [0.29, 0.717) is 19.1 Å². The molecule has 1 fully saturated rings. The van der Waals surface area contributed by atoms with Crippen molar-refractivity contribution in [2.24, 2.45) is 0 Å². The molecule has 1 heterocycles. The van der Waals surface area contributed by atoms with Crippen molar-refractivity contribution in [3.8, 4) is 0 Å². The molecule has 0 bridgehead atoms. The van der Waals surface area contributed by atoms with E-state index in [0.717, 1.165) is 17.8 Å². The number of nitrogens with one attached hydrogen (secondary N) is 2. The molecule has 2 amide bonds. The molecule has 26 heavy (non-hydrogen) atoms. The van der Waals surface area contributed by atoms with E-state index >= 15 is 0 Å². The Morgan fingerprint density at radius 2 is 1.92 bits per heavy atom. The molecular weight excluding hydrogens is 346 g/mol. The third-order valence-corrected chi connectivity index (χ3v) is 5.50. The van der Waals surface area contributed by atoms with Crippen molar-refractivity contribution < 1.29 is 9.59 Å². The number of hydrogen-bond donors (Lipinski definition) is 2. The molecule has 0 aliphatic heterocycles. The summed E-state index contributed by atoms with van der Waals surface area (Å²) < 4.78 is 0. The Kier molecular flexibility index (Phi) is 6.06. The lowest BCUT2D eigenvalue weighted by Crippen LogP contribution is -2.37. The van der Waals surface area contributed by atoms with E-state index < -0.39 is 0 Å². The smallest absolute Gasteiger partial charge is 0.234 e. The monoisotopic (exact) mass is 371 g/mol. The highest BCUT2D eigenvalue weighted by atomic mass is 32.1. The van der Waals surface area contributed by atoms with Crippen LogP contribution in [0.5, 0.6) is 0 Å². The Balaban J connectivity index is 1.49. The first-order valence-electron chi connectivity index (χ1n) is 8.91. The van der Waals surface area contributed by atoms with Crippen LogP contribution in [-0.2, 0) is 22.7 Å². The number of nitrogens with zero attached hydrogens (tertiary/aromatic N) is 1. The van der Waals surface area contributed by atoms with Crippen molar-refractivity contribution in [3.63, 3.8) is 0 Å². The lowest BCUT2D eigenvalue weighted by atomic mass is 10.2. The average Bonchev–Trinajstić information content (AvgIpc) is 3.37. The van der Waals surface area contributed by atoms with Gasteiger partial charge in [-0.2, -0.15) is 0 Å². The molecule has 2 aromatic rings. The van der Waals surface area contributed by atoms with Gasteiger partial charge in [-0.3, -0.25) is 14.5 Å². The third-order valence-electron chi connectivity index (χ3n) is 4.49. The summed E-state index contributed by atoms with van der Waals surface area (Å²) >= 11 is 1.76. The normalized spacial score (nSPS) is 13.7. The first-order valence-corrected chi connectivity index (χ1v) is 9.79. The van der Waals surface area contributed by atoms with Gasteiger partial charge in [0, 0.05) is 36.6 Å². The predicted molar refractivity (Wildman–Crippen MR) is 105 cm³/mol. The van der Waals surface area contributed by atoms with Crippen molar-refractivity contribution in [2.45, 2.75) is 45.8 Å². The van der Waals surface area contributed by atoms with Gasteiger partial charge in [-0.05, 0) is 54.5 Å². The van der Waals surface area contributed by atoms with Gasteiger partial charge in [0.05, 0.1) is 6.54 Å². The first kappa shape index (κ1) is 18.6. The van der Waals surface area contributed by atoms with Gasteiger partial charge in [-0.25, -0.2) is 0 Å². The van der Waals surface area contributed by atoms with E-state index in [9.17, 15) is 9.59 Å². The zero-order chi connectivity index (χ0) is 18.5. The Bertz CT molecular complexity index is 766.